The second-order valence-electron chi connectivity index (χ2n) is 6.15. The van der Waals surface area contributed by atoms with Crippen LogP contribution in [0.3, 0.4) is 0 Å². The van der Waals surface area contributed by atoms with Crippen LogP contribution in [0.4, 0.5) is 5.69 Å². The number of anilines is 1. The molecule has 2 aromatic rings. The van der Waals surface area contributed by atoms with Crippen LogP contribution in [0.1, 0.15) is 25.8 Å². The molecular formula is C22H27NO6. The Hall–Kier alpha value is -3.22. The fourth-order valence-electron chi connectivity index (χ4n) is 2.50. The zero-order valence-corrected chi connectivity index (χ0v) is 17.0. The third kappa shape index (κ3) is 7.73. The van der Waals surface area contributed by atoms with Crippen LogP contribution < -0.4 is 19.5 Å². The Kier molecular flexibility index (Phi) is 8.82. The van der Waals surface area contributed by atoms with E-state index < -0.39 is 11.9 Å². The maximum absolute atomic E-state index is 12.0. The summed E-state index contributed by atoms with van der Waals surface area (Å²) in [5.41, 5.74) is 1.60. The van der Waals surface area contributed by atoms with Crippen LogP contribution >= 0.6 is 0 Å². The van der Waals surface area contributed by atoms with Gasteiger partial charge in [-0.25, -0.2) is 0 Å². The van der Waals surface area contributed by atoms with Gasteiger partial charge >= 0.3 is 5.97 Å². The van der Waals surface area contributed by atoms with Crippen molar-refractivity contribution in [2.75, 3.05) is 31.7 Å². The minimum absolute atomic E-state index is 0.0543. The van der Waals surface area contributed by atoms with Crippen LogP contribution in [0.2, 0.25) is 0 Å². The van der Waals surface area contributed by atoms with E-state index in [2.05, 4.69) is 5.32 Å². The predicted molar refractivity (Wildman–Crippen MR) is 110 cm³/mol. The van der Waals surface area contributed by atoms with Crippen LogP contribution in [0.15, 0.2) is 42.5 Å². The van der Waals surface area contributed by atoms with Crippen molar-refractivity contribution in [3.8, 4) is 17.2 Å². The number of rotatable bonds is 11. The first-order valence-corrected chi connectivity index (χ1v) is 9.56. The second kappa shape index (κ2) is 11.6. The number of hydrogen-bond donors (Lipinski definition) is 1. The number of hydrogen-bond acceptors (Lipinski definition) is 6. The summed E-state index contributed by atoms with van der Waals surface area (Å²) < 4.78 is 21.5. The van der Waals surface area contributed by atoms with Gasteiger partial charge in [0.15, 0.2) is 18.1 Å². The SMILES string of the molecule is CCOc1ccc(NC(=O)COC(=O)CCOc2cccc(C)c2)cc1OCC. The molecule has 0 heterocycles. The van der Waals surface area contributed by atoms with E-state index in [1.54, 1.807) is 18.2 Å². The maximum atomic E-state index is 12.0. The Bertz CT molecular complexity index is 821. The quantitative estimate of drug-likeness (QED) is 0.578. The lowest BCUT2D eigenvalue weighted by Gasteiger charge is -2.13. The number of nitrogens with one attached hydrogen (secondary N) is 1. The average molecular weight is 401 g/mol. The highest BCUT2D eigenvalue weighted by Crippen LogP contribution is 2.30. The molecule has 0 fully saturated rings. The fraction of sp³-hybridized carbons (Fsp3) is 0.364. The van der Waals surface area contributed by atoms with Crippen LogP contribution in [-0.2, 0) is 14.3 Å². The molecule has 0 saturated carbocycles. The molecule has 7 nitrogen and oxygen atoms in total. The van der Waals surface area contributed by atoms with E-state index in [0.29, 0.717) is 36.1 Å². The zero-order chi connectivity index (χ0) is 21.1. The van der Waals surface area contributed by atoms with E-state index in [1.165, 1.54) is 0 Å². The van der Waals surface area contributed by atoms with E-state index in [1.807, 2.05) is 45.0 Å². The van der Waals surface area contributed by atoms with Crippen LogP contribution in [0, 0.1) is 6.92 Å². The van der Waals surface area contributed by atoms with Gasteiger partial charge in [-0.2, -0.15) is 0 Å². The summed E-state index contributed by atoms with van der Waals surface area (Å²) in [5, 5.41) is 2.67. The molecule has 0 aliphatic rings. The molecule has 0 aromatic heterocycles. The largest absolute Gasteiger partial charge is 0.493 e. The van der Waals surface area contributed by atoms with E-state index in [0.717, 1.165) is 5.56 Å². The minimum Gasteiger partial charge on any atom is -0.493 e. The van der Waals surface area contributed by atoms with Crippen LogP contribution in [0.5, 0.6) is 17.2 Å². The van der Waals surface area contributed by atoms with Crippen molar-refractivity contribution < 1.29 is 28.5 Å². The number of carbonyl (C=O) groups is 2. The van der Waals surface area contributed by atoms with Crippen molar-refractivity contribution in [2.24, 2.45) is 0 Å². The minimum atomic E-state index is -0.505. The lowest BCUT2D eigenvalue weighted by molar-refractivity contribution is -0.147. The first-order chi connectivity index (χ1) is 14.0. The summed E-state index contributed by atoms with van der Waals surface area (Å²) in [7, 11) is 0. The summed E-state index contributed by atoms with van der Waals surface area (Å²) in [6.45, 7) is 6.49. The van der Waals surface area contributed by atoms with Gasteiger partial charge < -0.3 is 24.3 Å². The smallest absolute Gasteiger partial charge is 0.309 e. The molecule has 2 aromatic carbocycles. The number of benzene rings is 2. The molecule has 0 atom stereocenters. The van der Waals surface area contributed by atoms with Crippen molar-refractivity contribution in [1.29, 1.82) is 0 Å². The van der Waals surface area contributed by atoms with Gasteiger partial charge in [0.05, 0.1) is 26.2 Å². The number of amides is 1. The van der Waals surface area contributed by atoms with Crippen molar-refractivity contribution in [3.63, 3.8) is 0 Å². The average Bonchev–Trinajstić information content (AvgIpc) is 2.69. The molecule has 0 aliphatic carbocycles. The Morgan fingerprint density at radius 1 is 0.931 bits per heavy atom. The van der Waals surface area contributed by atoms with Gasteiger partial charge in [-0.1, -0.05) is 12.1 Å². The van der Waals surface area contributed by atoms with Gasteiger partial charge in [0.25, 0.3) is 5.91 Å². The molecule has 1 N–H and O–H groups in total. The van der Waals surface area contributed by atoms with Crippen molar-refractivity contribution >= 4 is 17.6 Å². The normalized spacial score (nSPS) is 10.2. The fourth-order valence-corrected chi connectivity index (χ4v) is 2.50. The molecule has 2 rings (SSSR count). The number of aryl methyl sites for hydroxylation is 1. The summed E-state index contributed by atoms with van der Waals surface area (Å²) in [4.78, 5) is 23.8. The Labute approximate surface area is 170 Å². The third-order valence-corrected chi connectivity index (χ3v) is 3.76. The molecule has 0 radical (unpaired) electrons. The molecule has 0 spiro atoms. The number of ether oxygens (including phenoxy) is 4. The molecule has 0 unspecified atom stereocenters. The molecule has 1 amide bonds. The standard InChI is InChI=1S/C22H27NO6/c1-4-26-19-10-9-17(14-20(19)27-5-2)23-21(24)15-29-22(25)11-12-28-18-8-6-7-16(3)13-18/h6-10,13-14H,4-5,11-12,15H2,1-3H3,(H,23,24). The lowest BCUT2D eigenvalue weighted by atomic mass is 10.2. The molecule has 7 heteroatoms. The Morgan fingerprint density at radius 3 is 2.41 bits per heavy atom. The van der Waals surface area contributed by atoms with Gasteiger partial charge in [0.2, 0.25) is 0 Å². The summed E-state index contributed by atoms with van der Waals surface area (Å²) in [6, 6.07) is 12.6. The van der Waals surface area contributed by atoms with E-state index in [9.17, 15) is 9.59 Å². The number of carbonyl (C=O) groups excluding carboxylic acids is 2. The molecule has 0 saturated heterocycles. The van der Waals surface area contributed by atoms with Crippen LogP contribution in [-0.4, -0.2) is 38.3 Å². The van der Waals surface area contributed by atoms with Gasteiger partial charge in [0.1, 0.15) is 5.75 Å². The van der Waals surface area contributed by atoms with E-state index in [4.69, 9.17) is 18.9 Å². The van der Waals surface area contributed by atoms with Crippen molar-refractivity contribution in [1.82, 2.24) is 0 Å². The number of esters is 1. The molecule has 0 aliphatic heterocycles. The van der Waals surface area contributed by atoms with Crippen LogP contribution in [0.25, 0.3) is 0 Å². The summed E-state index contributed by atoms with van der Waals surface area (Å²) >= 11 is 0. The maximum Gasteiger partial charge on any atom is 0.309 e. The topological polar surface area (TPSA) is 83.1 Å². The first kappa shape index (κ1) is 22.1. The molecular weight excluding hydrogens is 374 g/mol. The highest BCUT2D eigenvalue weighted by molar-refractivity contribution is 5.93. The lowest BCUT2D eigenvalue weighted by Crippen LogP contribution is -2.21. The molecule has 156 valence electrons. The van der Waals surface area contributed by atoms with Crippen molar-refractivity contribution in [3.05, 3.63) is 48.0 Å². The predicted octanol–water partition coefficient (Wildman–Crippen LogP) is 3.74. The second-order valence-corrected chi connectivity index (χ2v) is 6.15. The van der Waals surface area contributed by atoms with Gasteiger partial charge in [-0.05, 0) is 50.6 Å². The van der Waals surface area contributed by atoms with Gasteiger partial charge in [-0.15, -0.1) is 0 Å². The Morgan fingerprint density at radius 2 is 1.69 bits per heavy atom. The molecule has 29 heavy (non-hydrogen) atoms. The van der Waals surface area contributed by atoms with Crippen molar-refractivity contribution in [2.45, 2.75) is 27.2 Å². The third-order valence-electron chi connectivity index (χ3n) is 3.76. The zero-order valence-electron chi connectivity index (χ0n) is 17.0. The summed E-state index contributed by atoms with van der Waals surface area (Å²) in [6.07, 6.45) is 0.0543. The van der Waals surface area contributed by atoms with E-state index >= 15 is 0 Å². The molecule has 0 bridgehead atoms. The van der Waals surface area contributed by atoms with Gasteiger partial charge in [-0.3, -0.25) is 9.59 Å². The first-order valence-electron chi connectivity index (χ1n) is 9.56. The highest BCUT2D eigenvalue weighted by Gasteiger charge is 2.11. The van der Waals surface area contributed by atoms with E-state index in [-0.39, 0.29) is 19.6 Å². The highest BCUT2D eigenvalue weighted by atomic mass is 16.5. The summed E-state index contributed by atoms with van der Waals surface area (Å²) in [5.74, 6) is 0.889. The monoisotopic (exact) mass is 401 g/mol. The Balaban J connectivity index is 1.75. The van der Waals surface area contributed by atoms with Gasteiger partial charge in [0, 0.05) is 11.8 Å².